The summed E-state index contributed by atoms with van der Waals surface area (Å²) in [7, 11) is 0. The van der Waals surface area contributed by atoms with Crippen LogP contribution in [-0.2, 0) is 4.79 Å². The van der Waals surface area contributed by atoms with Gasteiger partial charge in [0.15, 0.2) is 6.61 Å². The molecule has 2 heterocycles. The Bertz CT molecular complexity index is 759. The molecule has 1 aliphatic rings. The van der Waals surface area contributed by atoms with Gasteiger partial charge in [0, 0.05) is 37.3 Å². The van der Waals surface area contributed by atoms with E-state index in [1.165, 1.54) is 11.3 Å². The molecule has 0 aliphatic carbocycles. The normalized spacial score (nSPS) is 14.5. The average molecular weight is 399 g/mol. The van der Waals surface area contributed by atoms with Crippen LogP contribution in [0.1, 0.15) is 9.67 Å². The quantitative estimate of drug-likeness (QED) is 0.792. The Labute approximate surface area is 159 Å². The van der Waals surface area contributed by atoms with Gasteiger partial charge in [-0.1, -0.05) is 29.3 Å². The molecule has 0 spiro atoms. The summed E-state index contributed by atoms with van der Waals surface area (Å²) in [6.07, 6.45) is 0. The molecule has 3 rings (SSSR count). The monoisotopic (exact) mass is 398 g/mol. The van der Waals surface area contributed by atoms with Gasteiger partial charge in [-0.25, -0.2) is 0 Å². The van der Waals surface area contributed by atoms with Crippen molar-refractivity contribution in [3.8, 4) is 5.75 Å². The molecule has 2 amide bonds. The van der Waals surface area contributed by atoms with E-state index in [0.29, 0.717) is 42.0 Å². The van der Waals surface area contributed by atoms with Crippen molar-refractivity contribution in [1.82, 2.24) is 9.80 Å². The molecule has 25 heavy (non-hydrogen) atoms. The molecule has 0 radical (unpaired) electrons. The molecular formula is C17H16Cl2N2O3S. The minimum Gasteiger partial charge on any atom is -0.482 e. The lowest BCUT2D eigenvalue weighted by molar-refractivity contribution is -0.134. The lowest BCUT2D eigenvalue weighted by Crippen LogP contribution is -2.51. The first-order valence-corrected chi connectivity index (χ1v) is 9.36. The van der Waals surface area contributed by atoms with E-state index in [1.807, 2.05) is 17.5 Å². The van der Waals surface area contributed by atoms with Crippen LogP contribution in [0.5, 0.6) is 5.75 Å². The Morgan fingerprint density at radius 1 is 1.08 bits per heavy atom. The van der Waals surface area contributed by atoms with Gasteiger partial charge in [-0.2, -0.15) is 0 Å². The van der Waals surface area contributed by atoms with Gasteiger partial charge in [0.1, 0.15) is 5.75 Å². The number of ether oxygens (including phenoxy) is 1. The number of halogens is 2. The minimum atomic E-state index is -0.140. The van der Waals surface area contributed by atoms with E-state index >= 15 is 0 Å². The summed E-state index contributed by atoms with van der Waals surface area (Å²) in [5.74, 6) is 0.261. The highest BCUT2D eigenvalue weighted by Gasteiger charge is 2.25. The number of nitrogens with zero attached hydrogens (tertiary/aromatic N) is 2. The lowest BCUT2D eigenvalue weighted by atomic mass is 10.3. The molecule has 1 fully saturated rings. The highest BCUT2D eigenvalue weighted by atomic mass is 35.5. The molecule has 1 aromatic heterocycles. The third-order valence-electron chi connectivity index (χ3n) is 3.90. The van der Waals surface area contributed by atoms with E-state index in [4.69, 9.17) is 27.9 Å². The van der Waals surface area contributed by atoms with Crippen LogP contribution in [0.3, 0.4) is 0 Å². The summed E-state index contributed by atoms with van der Waals surface area (Å²) in [5.41, 5.74) is 0. The van der Waals surface area contributed by atoms with E-state index in [0.717, 1.165) is 4.88 Å². The molecular weight excluding hydrogens is 383 g/mol. The molecule has 8 heteroatoms. The predicted molar refractivity (Wildman–Crippen MR) is 98.8 cm³/mol. The Hall–Kier alpha value is -1.76. The van der Waals surface area contributed by atoms with E-state index in [1.54, 1.807) is 28.0 Å². The maximum atomic E-state index is 12.3. The van der Waals surface area contributed by atoms with E-state index in [2.05, 4.69) is 0 Å². The Morgan fingerprint density at radius 3 is 2.48 bits per heavy atom. The van der Waals surface area contributed by atoms with Gasteiger partial charge in [0.2, 0.25) is 0 Å². The first-order chi connectivity index (χ1) is 12.0. The number of rotatable bonds is 4. The maximum absolute atomic E-state index is 12.3. The van der Waals surface area contributed by atoms with Crippen LogP contribution in [0, 0.1) is 0 Å². The van der Waals surface area contributed by atoms with Gasteiger partial charge in [0.25, 0.3) is 11.8 Å². The highest BCUT2D eigenvalue weighted by Crippen LogP contribution is 2.27. The molecule has 5 nitrogen and oxygen atoms in total. The fourth-order valence-corrected chi connectivity index (χ4v) is 3.56. The van der Waals surface area contributed by atoms with Crippen molar-refractivity contribution in [2.24, 2.45) is 0 Å². The standard InChI is InChI=1S/C17H16Cl2N2O3S/c18-12-3-4-13(19)14(10-12)24-11-16(22)20-5-7-21(8-6-20)17(23)15-2-1-9-25-15/h1-4,9-10H,5-8,11H2. The Morgan fingerprint density at radius 2 is 1.80 bits per heavy atom. The van der Waals surface area contributed by atoms with Gasteiger partial charge in [0.05, 0.1) is 9.90 Å². The third-order valence-corrected chi connectivity index (χ3v) is 5.30. The van der Waals surface area contributed by atoms with E-state index in [-0.39, 0.29) is 18.4 Å². The summed E-state index contributed by atoms with van der Waals surface area (Å²) in [6.45, 7) is 1.89. The summed E-state index contributed by atoms with van der Waals surface area (Å²) >= 11 is 13.3. The van der Waals surface area contributed by atoms with Crippen molar-refractivity contribution in [2.45, 2.75) is 0 Å². The first kappa shape index (κ1) is 18.0. The lowest BCUT2D eigenvalue weighted by Gasteiger charge is -2.34. The number of hydrogen-bond acceptors (Lipinski definition) is 4. The molecule has 0 saturated carbocycles. The summed E-state index contributed by atoms with van der Waals surface area (Å²) in [4.78, 5) is 28.8. The van der Waals surface area contributed by atoms with E-state index < -0.39 is 0 Å². The molecule has 1 saturated heterocycles. The zero-order valence-corrected chi connectivity index (χ0v) is 15.6. The topological polar surface area (TPSA) is 49.9 Å². The number of hydrogen-bond donors (Lipinski definition) is 0. The SMILES string of the molecule is O=C(COc1cc(Cl)ccc1Cl)N1CCN(C(=O)c2cccs2)CC1. The Balaban J connectivity index is 1.50. The maximum Gasteiger partial charge on any atom is 0.264 e. The zero-order valence-electron chi connectivity index (χ0n) is 13.3. The van der Waals surface area contributed by atoms with E-state index in [9.17, 15) is 9.59 Å². The van der Waals surface area contributed by atoms with Gasteiger partial charge in [-0.05, 0) is 23.6 Å². The third kappa shape index (κ3) is 4.45. The first-order valence-electron chi connectivity index (χ1n) is 7.73. The van der Waals surface area contributed by atoms with Crippen molar-refractivity contribution >= 4 is 46.4 Å². The van der Waals surface area contributed by atoms with Crippen molar-refractivity contribution in [3.63, 3.8) is 0 Å². The second kappa shape index (κ2) is 8.08. The Kier molecular flexibility index (Phi) is 5.83. The van der Waals surface area contributed by atoms with Crippen molar-refractivity contribution < 1.29 is 14.3 Å². The second-order valence-corrected chi connectivity index (χ2v) is 7.31. The molecule has 2 aromatic rings. The molecule has 0 atom stereocenters. The molecule has 1 aliphatic heterocycles. The predicted octanol–water partition coefficient (Wildman–Crippen LogP) is 3.42. The summed E-state index contributed by atoms with van der Waals surface area (Å²) in [6, 6.07) is 8.53. The highest BCUT2D eigenvalue weighted by molar-refractivity contribution is 7.12. The molecule has 0 unspecified atom stereocenters. The smallest absolute Gasteiger partial charge is 0.264 e. The summed E-state index contributed by atoms with van der Waals surface area (Å²) in [5, 5.41) is 2.78. The van der Waals surface area contributed by atoms with Crippen LogP contribution in [0.2, 0.25) is 10.0 Å². The molecule has 132 valence electrons. The van der Waals surface area contributed by atoms with Crippen LogP contribution in [-0.4, -0.2) is 54.4 Å². The van der Waals surface area contributed by atoms with Gasteiger partial charge < -0.3 is 14.5 Å². The second-order valence-electron chi connectivity index (χ2n) is 5.51. The number of carbonyl (C=O) groups is 2. The number of thiophene rings is 1. The summed E-state index contributed by atoms with van der Waals surface area (Å²) < 4.78 is 5.48. The average Bonchev–Trinajstić information content (AvgIpc) is 3.16. The minimum absolute atomic E-state index is 0.0176. The number of benzene rings is 1. The van der Waals surface area contributed by atoms with Gasteiger partial charge in [-0.3, -0.25) is 9.59 Å². The van der Waals surface area contributed by atoms with Crippen LogP contribution in [0.25, 0.3) is 0 Å². The molecule has 0 N–H and O–H groups in total. The fourth-order valence-electron chi connectivity index (χ4n) is 2.53. The number of carbonyl (C=O) groups excluding carboxylic acids is 2. The number of piperazine rings is 1. The largest absolute Gasteiger partial charge is 0.482 e. The van der Waals surface area contributed by atoms with Crippen molar-refractivity contribution in [3.05, 3.63) is 50.6 Å². The van der Waals surface area contributed by atoms with Gasteiger partial charge in [-0.15, -0.1) is 11.3 Å². The number of amides is 2. The van der Waals surface area contributed by atoms with Crippen molar-refractivity contribution in [2.75, 3.05) is 32.8 Å². The van der Waals surface area contributed by atoms with Crippen molar-refractivity contribution in [1.29, 1.82) is 0 Å². The molecule has 0 bridgehead atoms. The molecule has 1 aromatic carbocycles. The van der Waals surface area contributed by atoms with Gasteiger partial charge >= 0.3 is 0 Å². The van der Waals surface area contributed by atoms with Crippen LogP contribution in [0.4, 0.5) is 0 Å². The fraction of sp³-hybridized carbons (Fsp3) is 0.294. The zero-order chi connectivity index (χ0) is 17.8. The van der Waals surface area contributed by atoms with Crippen LogP contribution in [0.15, 0.2) is 35.7 Å². The van der Waals surface area contributed by atoms with Crippen LogP contribution < -0.4 is 4.74 Å². The van der Waals surface area contributed by atoms with Crippen LogP contribution >= 0.6 is 34.5 Å².